The molecule has 384 valence electrons. The number of rotatable bonds is 23. The van der Waals surface area contributed by atoms with Gasteiger partial charge in [0, 0.05) is 54.7 Å². The maximum Gasteiger partial charge on any atom is 0.411 e. The van der Waals surface area contributed by atoms with Gasteiger partial charge in [-0.05, 0) is 117 Å². The van der Waals surface area contributed by atoms with Crippen molar-refractivity contribution in [1.29, 1.82) is 0 Å². The third kappa shape index (κ3) is 15.2. The minimum absolute atomic E-state index is 0.00719. The molecule has 16 heteroatoms. The van der Waals surface area contributed by atoms with Crippen LogP contribution in [0.4, 0.5) is 4.79 Å². The summed E-state index contributed by atoms with van der Waals surface area (Å²) in [5.74, 6) is 0.0736. The van der Waals surface area contributed by atoms with Crippen LogP contribution in [0.15, 0.2) is 134 Å². The highest BCUT2D eigenvalue weighted by atomic mass is 35.5. The number of hydrogen-bond donors (Lipinski definition) is 2. The fraction of sp³-hybridized carbons (Fsp3) is 0.351. The van der Waals surface area contributed by atoms with E-state index in [1.54, 1.807) is 18.2 Å². The SMILES string of the molecule is COC[C@H](NC(=O)[C@H](C)N(Cc1ccc(Cl)cc1Oc1ccc(-c2cnc(CN(C)C)n2C)cc1)C(=O)O[C@@H](Cc1ccccc1)C(=O)OCc1ccccc1)C(=O)C[C@@]1(Cc2ccc(Cl)cc2)CCCNC1. The Morgan fingerprint density at radius 1 is 0.849 bits per heavy atom. The lowest BCUT2D eigenvalue weighted by Gasteiger charge is -2.38. The van der Waals surface area contributed by atoms with E-state index in [0.717, 1.165) is 47.6 Å². The van der Waals surface area contributed by atoms with Crippen LogP contribution in [-0.4, -0.2) is 102 Å². The summed E-state index contributed by atoms with van der Waals surface area (Å²) in [5.41, 5.74) is 4.41. The zero-order valence-electron chi connectivity index (χ0n) is 42.0. The molecule has 0 spiro atoms. The van der Waals surface area contributed by atoms with Crippen LogP contribution >= 0.6 is 23.2 Å². The predicted octanol–water partition coefficient (Wildman–Crippen LogP) is 9.63. The average Bonchev–Trinajstić information content (AvgIpc) is 3.74. The lowest BCUT2D eigenvalue weighted by molar-refractivity contribution is -0.155. The Morgan fingerprint density at radius 2 is 1.53 bits per heavy atom. The highest BCUT2D eigenvalue weighted by Crippen LogP contribution is 2.36. The van der Waals surface area contributed by atoms with Crippen molar-refractivity contribution in [2.24, 2.45) is 12.5 Å². The van der Waals surface area contributed by atoms with Crippen LogP contribution in [0.5, 0.6) is 11.5 Å². The van der Waals surface area contributed by atoms with E-state index in [-0.39, 0.29) is 38.4 Å². The largest absolute Gasteiger partial charge is 0.458 e. The zero-order chi connectivity index (χ0) is 51.9. The van der Waals surface area contributed by atoms with Gasteiger partial charge in [-0.25, -0.2) is 14.6 Å². The fourth-order valence-corrected chi connectivity index (χ4v) is 9.30. The highest BCUT2D eigenvalue weighted by Gasteiger charge is 2.39. The molecule has 73 heavy (non-hydrogen) atoms. The molecule has 1 fully saturated rings. The van der Waals surface area contributed by atoms with E-state index in [9.17, 15) is 19.2 Å². The molecule has 0 bridgehead atoms. The number of nitrogens with one attached hydrogen (secondary N) is 2. The standard InChI is InChI=1S/C57H64Cl2N6O8/c1-39(54(67)62-48(37-70-5)50(66)32-57(27-12-28-60-38-57)31-41-17-22-45(58)23-18-41)65(56(69)73-52(29-40-13-8-6-9-14-40)55(68)71-36-42-15-10-7-11-16-42)34-44-19-24-46(59)30-51(44)72-47-25-20-43(21-26-47)49-33-61-53(64(49)4)35-63(2)3/h6-11,13-26,30,33,39,48,52,60H,12,27-29,31-32,34-38H2,1-5H3,(H,62,67)/t39-,48-,52-,57-/m0/s1. The highest BCUT2D eigenvalue weighted by molar-refractivity contribution is 6.31. The molecule has 0 aliphatic carbocycles. The summed E-state index contributed by atoms with van der Waals surface area (Å²) in [6.45, 7) is 3.27. The number of nitrogens with zero attached hydrogens (tertiary/aromatic N) is 4. The molecule has 2 N–H and O–H groups in total. The Hall–Kier alpha value is -6.55. The van der Waals surface area contributed by atoms with Crippen LogP contribution in [0.3, 0.4) is 0 Å². The second-order valence-electron chi connectivity index (χ2n) is 18.9. The van der Waals surface area contributed by atoms with E-state index >= 15 is 0 Å². The van der Waals surface area contributed by atoms with Gasteiger partial charge < -0.3 is 39.0 Å². The number of hydrogen-bond acceptors (Lipinski definition) is 11. The summed E-state index contributed by atoms with van der Waals surface area (Å²) >= 11 is 12.8. The van der Waals surface area contributed by atoms with Crippen LogP contribution in [0.2, 0.25) is 10.0 Å². The van der Waals surface area contributed by atoms with Gasteiger partial charge in [0.2, 0.25) is 12.0 Å². The number of aromatic nitrogens is 2. The number of methoxy groups -OCH3 is 1. The summed E-state index contributed by atoms with van der Waals surface area (Å²) in [7, 11) is 7.43. The smallest absolute Gasteiger partial charge is 0.411 e. The molecule has 7 rings (SSSR count). The van der Waals surface area contributed by atoms with Gasteiger partial charge in [0.25, 0.3) is 0 Å². The summed E-state index contributed by atoms with van der Waals surface area (Å²) in [5, 5.41) is 7.38. The number of carbonyl (C=O) groups is 4. The van der Waals surface area contributed by atoms with E-state index in [4.69, 9.17) is 42.1 Å². The second-order valence-corrected chi connectivity index (χ2v) is 19.8. The van der Waals surface area contributed by atoms with Crippen molar-refractivity contribution in [2.45, 2.75) is 76.9 Å². The molecule has 1 aromatic heterocycles. The summed E-state index contributed by atoms with van der Waals surface area (Å²) in [6.07, 6.45) is 1.91. The zero-order valence-corrected chi connectivity index (χ0v) is 43.5. The first-order valence-corrected chi connectivity index (χ1v) is 25.2. The molecule has 14 nitrogen and oxygen atoms in total. The number of amides is 2. The quantitative estimate of drug-likeness (QED) is 0.0590. The predicted molar refractivity (Wildman–Crippen MR) is 282 cm³/mol. The number of piperidine rings is 1. The van der Waals surface area contributed by atoms with Gasteiger partial charge in [-0.15, -0.1) is 0 Å². The van der Waals surface area contributed by atoms with Gasteiger partial charge in [-0.1, -0.05) is 102 Å². The first-order valence-electron chi connectivity index (χ1n) is 24.4. The van der Waals surface area contributed by atoms with E-state index < -0.39 is 41.6 Å². The maximum absolute atomic E-state index is 14.8. The van der Waals surface area contributed by atoms with Crippen molar-refractivity contribution < 1.29 is 38.1 Å². The normalized spacial score (nSPS) is 15.7. The van der Waals surface area contributed by atoms with E-state index in [2.05, 4.69) is 20.5 Å². The van der Waals surface area contributed by atoms with Gasteiger partial charge in [0.05, 0.1) is 31.6 Å². The number of ether oxygens (including phenoxy) is 4. The van der Waals surface area contributed by atoms with Crippen molar-refractivity contribution in [3.63, 3.8) is 0 Å². The van der Waals surface area contributed by atoms with Gasteiger partial charge in [-0.2, -0.15) is 0 Å². The number of halogens is 2. The number of ketones is 1. The summed E-state index contributed by atoms with van der Waals surface area (Å²) < 4.78 is 25.9. The minimum Gasteiger partial charge on any atom is -0.458 e. The third-order valence-electron chi connectivity index (χ3n) is 13.0. The third-order valence-corrected chi connectivity index (χ3v) is 13.5. The van der Waals surface area contributed by atoms with Gasteiger partial charge in [0.15, 0.2) is 5.78 Å². The fourth-order valence-electron chi connectivity index (χ4n) is 9.01. The van der Waals surface area contributed by atoms with E-state index in [1.807, 2.05) is 141 Å². The van der Waals surface area contributed by atoms with Gasteiger partial charge >= 0.3 is 12.1 Å². The molecule has 1 aliphatic heterocycles. The van der Waals surface area contributed by atoms with Crippen molar-refractivity contribution in [2.75, 3.05) is 40.9 Å². The first-order chi connectivity index (χ1) is 35.2. The van der Waals surface area contributed by atoms with Crippen LogP contribution in [0, 0.1) is 5.41 Å². The number of Topliss-reactive ketones (excluding diaryl/α,β-unsaturated/α-hetero) is 1. The minimum atomic E-state index is -1.40. The molecular weight excluding hydrogens is 968 g/mol. The average molecular weight is 1030 g/mol. The van der Waals surface area contributed by atoms with Gasteiger partial charge in [0.1, 0.15) is 36.0 Å². The first kappa shape index (κ1) is 54.2. The maximum atomic E-state index is 14.8. The lowest BCUT2D eigenvalue weighted by Crippen LogP contribution is -2.54. The number of benzene rings is 5. The van der Waals surface area contributed by atoms with Gasteiger partial charge in [-0.3, -0.25) is 14.5 Å². The summed E-state index contributed by atoms with van der Waals surface area (Å²) in [6, 6.07) is 36.1. The van der Waals surface area contributed by atoms with Crippen molar-refractivity contribution in [1.82, 2.24) is 30.0 Å². The Morgan fingerprint density at radius 3 is 2.19 bits per heavy atom. The molecule has 2 heterocycles. The van der Waals surface area contributed by atoms with Crippen molar-refractivity contribution in [3.8, 4) is 22.8 Å². The molecule has 4 atom stereocenters. The molecule has 2 amide bonds. The molecule has 0 unspecified atom stereocenters. The molecular formula is C57H64Cl2N6O8. The Kier molecular flexibility index (Phi) is 19.2. The van der Waals surface area contributed by atoms with E-state index in [0.29, 0.717) is 52.2 Å². The Balaban J connectivity index is 1.16. The summed E-state index contributed by atoms with van der Waals surface area (Å²) in [4.78, 5) is 65.7. The molecule has 5 aromatic carbocycles. The van der Waals surface area contributed by atoms with Crippen LogP contribution < -0.4 is 15.4 Å². The molecule has 1 saturated heterocycles. The number of esters is 1. The second kappa shape index (κ2) is 25.9. The molecule has 6 aromatic rings. The van der Waals surface area contributed by atoms with Crippen LogP contribution in [-0.2, 0) is 68.2 Å². The lowest BCUT2D eigenvalue weighted by atomic mass is 9.71. The van der Waals surface area contributed by atoms with Crippen molar-refractivity contribution in [3.05, 3.63) is 172 Å². The van der Waals surface area contributed by atoms with Crippen LogP contribution in [0.25, 0.3) is 11.3 Å². The topological polar surface area (TPSA) is 154 Å². The van der Waals surface area contributed by atoms with E-state index in [1.165, 1.54) is 18.9 Å². The van der Waals surface area contributed by atoms with Crippen molar-refractivity contribution >= 4 is 47.0 Å². The number of imidazole rings is 1. The molecule has 1 aliphatic rings. The molecule has 0 radical (unpaired) electrons. The molecule has 0 saturated carbocycles. The van der Waals surface area contributed by atoms with Crippen LogP contribution in [0.1, 0.15) is 54.3 Å². The Bertz CT molecular complexity index is 2770. The monoisotopic (exact) mass is 1030 g/mol. The number of carbonyl (C=O) groups excluding carboxylic acids is 4. The Labute approximate surface area is 437 Å².